The summed E-state index contributed by atoms with van der Waals surface area (Å²) in [6.07, 6.45) is 0. The lowest BCUT2D eigenvalue weighted by atomic mass is 10.1. The maximum Gasteiger partial charge on any atom is 0.0991 e. The highest BCUT2D eigenvalue weighted by Crippen LogP contribution is 2.23. The van der Waals surface area contributed by atoms with Crippen LogP contribution < -0.4 is 5.32 Å². The van der Waals surface area contributed by atoms with Gasteiger partial charge in [-0.2, -0.15) is 5.26 Å². The van der Waals surface area contributed by atoms with E-state index in [1.165, 1.54) is 5.56 Å². The van der Waals surface area contributed by atoms with Crippen molar-refractivity contribution in [1.29, 1.82) is 5.26 Å². The van der Waals surface area contributed by atoms with E-state index in [0.29, 0.717) is 10.6 Å². The highest BCUT2D eigenvalue weighted by atomic mass is 79.9. The maximum atomic E-state index is 8.79. The van der Waals surface area contributed by atoms with Crippen molar-refractivity contribution in [1.82, 2.24) is 5.32 Å². The van der Waals surface area contributed by atoms with Crippen molar-refractivity contribution in [2.24, 2.45) is 0 Å². The van der Waals surface area contributed by atoms with Gasteiger partial charge in [-0.25, -0.2) is 0 Å². The van der Waals surface area contributed by atoms with Crippen molar-refractivity contribution in [3.63, 3.8) is 0 Å². The van der Waals surface area contributed by atoms with E-state index in [1.807, 2.05) is 42.5 Å². The summed E-state index contributed by atoms with van der Waals surface area (Å²) in [4.78, 5) is 0. The zero-order valence-electron chi connectivity index (χ0n) is 11.0. The first kappa shape index (κ1) is 15.1. The molecule has 0 radical (unpaired) electrons. The van der Waals surface area contributed by atoms with Crippen molar-refractivity contribution in [2.45, 2.75) is 19.5 Å². The lowest BCUT2D eigenvalue weighted by molar-refractivity contribution is 0.574. The molecule has 102 valence electrons. The number of benzene rings is 2. The summed E-state index contributed by atoms with van der Waals surface area (Å²) < 4.78 is 0.907. The summed E-state index contributed by atoms with van der Waals surface area (Å²) in [5, 5.41) is 13.0. The molecule has 1 atom stereocenters. The molecule has 4 heteroatoms. The molecule has 0 aliphatic carbocycles. The SMILES string of the molecule is CC(NCc1ccc(Cl)c(Br)c1)c1ccc(C#N)cc1. The molecule has 2 aromatic rings. The minimum Gasteiger partial charge on any atom is -0.306 e. The molecule has 0 amide bonds. The van der Waals surface area contributed by atoms with Crippen LogP contribution in [-0.2, 0) is 6.54 Å². The topological polar surface area (TPSA) is 35.8 Å². The van der Waals surface area contributed by atoms with Crippen LogP contribution in [0.4, 0.5) is 0 Å². The van der Waals surface area contributed by atoms with Gasteiger partial charge in [0.2, 0.25) is 0 Å². The van der Waals surface area contributed by atoms with Crippen LogP contribution in [0.15, 0.2) is 46.9 Å². The summed E-state index contributed by atoms with van der Waals surface area (Å²) in [7, 11) is 0. The fourth-order valence-electron chi connectivity index (χ4n) is 1.88. The molecule has 0 aliphatic heterocycles. The van der Waals surface area contributed by atoms with Gasteiger partial charge in [0.25, 0.3) is 0 Å². The van der Waals surface area contributed by atoms with Crippen molar-refractivity contribution in [2.75, 3.05) is 0 Å². The third kappa shape index (κ3) is 3.83. The Morgan fingerprint density at radius 2 is 1.95 bits per heavy atom. The Kier molecular flexibility index (Phi) is 5.19. The van der Waals surface area contributed by atoms with Gasteiger partial charge >= 0.3 is 0 Å². The van der Waals surface area contributed by atoms with Gasteiger partial charge in [0.05, 0.1) is 16.7 Å². The van der Waals surface area contributed by atoms with Crippen molar-refractivity contribution >= 4 is 27.5 Å². The molecule has 2 aromatic carbocycles. The van der Waals surface area contributed by atoms with Crippen LogP contribution >= 0.6 is 27.5 Å². The average Bonchev–Trinajstić information content (AvgIpc) is 2.48. The Hall–Kier alpha value is -1.34. The van der Waals surface area contributed by atoms with Gasteiger partial charge in [-0.05, 0) is 58.2 Å². The van der Waals surface area contributed by atoms with Gasteiger partial charge < -0.3 is 5.32 Å². The van der Waals surface area contributed by atoms with Gasteiger partial charge in [-0.3, -0.25) is 0 Å². The van der Waals surface area contributed by atoms with E-state index in [-0.39, 0.29) is 6.04 Å². The number of hydrogen-bond acceptors (Lipinski definition) is 2. The van der Waals surface area contributed by atoms with Crippen LogP contribution in [0, 0.1) is 11.3 Å². The molecule has 20 heavy (non-hydrogen) atoms. The Balaban J connectivity index is 1.99. The molecule has 0 saturated carbocycles. The Bertz CT molecular complexity index is 632. The van der Waals surface area contributed by atoms with Gasteiger partial charge in [0.1, 0.15) is 0 Å². The quantitative estimate of drug-likeness (QED) is 0.858. The Morgan fingerprint density at radius 3 is 2.55 bits per heavy atom. The molecule has 1 N–H and O–H groups in total. The van der Waals surface area contributed by atoms with E-state index in [9.17, 15) is 0 Å². The number of nitriles is 1. The molecule has 2 nitrogen and oxygen atoms in total. The molecule has 0 aliphatic rings. The van der Waals surface area contributed by atoms with Gasteiger partial charge in [0.15, 0.2) is 0 Å². The fourth-order valence-corrected chi connectivity index (χ4v) is 2.43. The van der Waals surface area contributed by atoms with Crippen molar-refractivity contribution < 1.29 is 0 Å². The smallest absolute Gasteiger partial charge is 0.0991 e. The third-order valence-electron chi connectivity index (χ3n) is 3.14. The lowest BCUT2D eigenvalue weighted by Crippen LogP contribution is -2.18. The zero-order valence-corrected chi connectivity index (χ0v) is 13.4. The highest BCUT2D eigenvalue weighted by Gasteiger charge is 2.06. The first-order chi connectivity index (χ1) is 9.60. The molecular weight excluding hydrogens is 336 g/mol. The molecule has 1 unspecified atom stereocenters. The summed E-state index contributed by atoms with van der Waals surface area (Å²) in [6, 6.07) is 15.9. The van der Waals surface area contributed by atoms with E-state index >= 15 is 0 Å². The lowest BCUT2D eigenvalue weighted by Gasteiger charge is -2.14. The normalized spacial score (nSPS) is 11.9. The molecule has 0 aromatic heterocycles. The third-order valence-corrected chi connectivity index (χ3v) is 4.35. The Labute approximate surface area is 132 Å². The minimum absolute atomic E-state index is 0.220. The van der Waals surface area contributed by atoms with E-state index < -0.39 is 0 Å². The van der Waals surface area contributed by atoms with E-state index in [4.69, 9.17) is 16.9 Å². The second-order valence-corrected chi connectivity index (χ2v) is 5.85. The monoisotopic (exact) mass is 348 g/mol. The first-order valence-electron chi connectivity index (χ1n) is 6.27. The van der Waals surface area contributed by atoms with Gasteiger partial charge in [-0.1, -0.05) is 29.8 Å². The minimum atomic E-state index is 0.220. The van der Waals surface area contributed by atoms with Crippen LogP contribution in [0.1, 0.15) is 29.7 Å². The average molecular weight is 350 g/mol. The van der Waals surface area contributed by atoms with Crippen LogP contribution in [0.3, 0.4) is 0 Å². The maximum absolute atomic E-state index is 8.79. The van der Waals surface area contributed by atoms with Crippen LogP contribution in [0.25, 0.3) is 0 Å². The molecule has 0 spiro atoms. The number of rotatable bonds is 4. The predicted octanol–water partition coefficient (Wildman–Crippen LogP) is 4.82. The Morgan fingerprint density at radius 1 is 1.25 bits per heavy atom. The van der Waals surface area contributed by atoms with Crippen molar-refractivity contribution in [3.8, 4) is 6.07 Å². The second-order valence-electron chi connectivity index (χ2n) is 4.58. The summed E-state index contributed by atoms with van der Waals surface area (Å²) >= 11 is 9.40. The predicted molar refractivity (Wildman–Crippen MR) is 85.6 cm³/mol. The largest absolute Gasteiger partial charge is 0.306 e. The number of nitrogens with one attached hydrogen (secondary N) is 1. The summed E-state index contributed by atoms with van der Waals surface area (Å²) in [5.74, 6) is 0. The molecule has 0 fully saturated rings. The number of halogens is 2. The van der Waals surface area contributed by atoms with Gasteiger partial charge in [0, 0.05) is 17.1 Å². The standard InChI is InChI=1S/C16H14BrClN2/c1-11(14-5-2-12(9-19)3-6-14)20-10-13-4-7-16(18)15(17)8-13/h2-8,11,20H,10H2,1H3. The van der Waals surface area contributed by atoms with Gasteiger partial charge in [-0.15, -0.1) is 0 Å². The molecule has 0 heterocycles. The van der Waals surface area contributed by atoms with E-state index in [0.717, 1.165) is 16.6 Å². The fraction of sp³-hybridized carbons (Fsp3) is 0.188. The number of nitrogens with zero attached hydrogens (tertiary/aromatic N) is 1. The molecule has 2 rings (SSSR count). The second kappa shape index (κ2) is 6.90. The zero-order chi connectivity index (χ0) is 14.5. The van der Waals surface area contributed by atoms with Crippen molar-refractivity contribution in [3.05, 3.63) is 68.7 Å². The molecule has 0 bridgehead atoms. The first-order valence-corrected chi connectivity index (χ1v) is 7.44. The summed E-state index contributed by atoms with van der Waals surface area (Å²) in [6.45, 7) is 2.86. The summed E-state index contributed by atoms with van der Waals surface area (Å²) in [5.41, 5.74) is 3.02. The molecular formula is C16H14BrClN2. The van der Waals surface area contributed by atoms with Crippen LogP contribution in [0.2, 0.25) is 5.02 Å². The highest BCUT2D eigenvalue weighted by molar-refractivity contribution is 9.10. The van der Waals surface area contributed by atoms with E-state index in [2.05, 4.69) is 34.2 Å². The van der Waals surface area contributed by atoms with E-state index in [1.54, 1.807) is 0 Å². The van der Waals surface area contributed by atoms with Crippen LogP contribution in [-0.4, -0.2) is 0 Å². The molecule has 0 saturated heterocycles. The number of hydrogen-bond donors (Lipinski definition) is 1. The van der Waals surface area contributed by atoms with Crippen LogP contribution in [0.5, 0.6) is 0 Å².